The van der Waals surface area contributed by atoms with Gasteiger partial charge < -0.3 is 28.5 Å². The maximum Gasteiger partial charge on any atom is 0.344 e. The third-order valence-corrected chi connectivity index (χ3v) is 8.62. The van der Waals surface area contributed by atoms with E-state index in [-0.39, 0.29) is 19.6 Å². The largest absolute Gasteiger partial charge is 0.482 e. The van der Waals surface area contributed by atoms with Crippen LogP contribution in [0.5, 0.6) is 5.75 Å². The summed E-state index contributed by atoms with van der Waals surface area (Å²) in [6.07, 6.45) is 9.22. The molecule has 10 heteroatoms. The predicted octanol–water partition coefficient (Wildman–Crippen LogP) is 7.61. The SMILES string of the molecule is CC(C)(C)OC(=O)COc1ccc(CC(NC(=O)c2ccc3c(c2)nc(-c2ccoc2)n3C2CCCCC2)C(=O)OCc2ccccc2)cc1. The van der Waals surface area contributed by atoms with Gasteiger partial charge in [0.1, 0.15) is 36.1 Å². The van der Waals surface area contributed by atoms with E-state index in [9.17, 15) is 14.4 Å². The number of ether oxygens (including phenoxy) is 3. The molecule has 6 rings (SSSR count). The zero-order chi connectivity index (χ0) is 35.1. The molecule has 3 aromatic carbocycles. The van der Waals surface area contributed by atoms with E-state index in [4.69, 9.17) is 23.6 Å². The number of fused-ring (bicyclic) bond motifs is 1. The van der Waals surface area contributed by atoms with Gasteiger partial charge in [0.05, 0.1) is 22.9 Å². The van der Waals surface area contributed by atoms with Crippen LogP contribution in [0.3, 0.4) is 0 Å². The summed E-state index contributed by atoms with van der Waals surface area (Å²) in [6.45, 7) is 5.23. The van der Waals surface area contributed by atoms with E-state index in [1.807, 2.05) is 42.5 Å². The lowest BCUT2D eigenvalue weighted by Crippen LogP contribution is -2.43. The fourth-order valence-corrected chi connectivity index (χ4v) is 6.28. The highest BCUT2D eigenvalue weighted by molar-refractivity contribution is 5.99. The summed E-state index contributed by atoms with van der Waals surface area (Å²) in [7, 11) is 0. The van der Waals surface area contributed by atoms with Crippen LogP contribution in [0.25, 0.3) is 22.4 Å². The molecule has 5 aromatic rings. The molecule has 50 heavy (non-hydrogen) atoms. The Morgan fingerprint density at radius 1 is 0.940 bits per heavy atom. The number of carbonyl (C=O) groups is 3. The molecule has 0 radical (unpaired) electrons. The molecule has 0 bridgehead atoms. The van der Waals surface area contributed by atoms with E-state index in [1.165, 1.54) is 19.3 Å². The molecule has 1 fully saturated rings. The molecule has 1 N–H and O–H groups in total. The quantitative estimate of drug-likeness (QED) is 0.134. The molecule has 0 spiro atoms. The molecule has 0 saturated heterocycles. The van der Waals surface area contributed by atoms with Gasteiger partial charge in [-0.3, -0.25) is 4.79 Å². The van der Waals surface area contributed by atoms with E-state index in [0.29, 0.717) is 22.9 Å². The lowest BCUT2D eigenvalue weighted by molar-refractivity contribution is -0.157. The van der Waals surface area contributed by atoms with Crippen LogP contribution >= 0.6 is 0 Å². The number of imidazole rings is 1. The molecule has 1 aliphatic carbocycles. The molecule has 2 heterocycles. The summed E-state index contributed by atoms with van der Waals surface area (Å²) in [5.74, 6) is -0.149. The molecule has 1 aliphatic rings. The monoisotopic (exact) mass is 677 g/mol. The Balaban J connectivity index is 1.20. The molecular weight excluding hydrogens is 634 g/mol. The molecule has 260 valence electrons. The molecule has 1 amide bonds. The number of nitrogens with zero attached hydrogens (tertiary/aromatic N) is 2. The molecular formula is C40H43N3O7. The number of nitrogens with one attached hydrogen (secondary N) is 1. The Labute approximate surface area is 291 Å². The van der Waals surface area contributed by atoms with E-state index in [2.05, 4.69) is 9.88 Å². The van der Waals surface area contributed by atoms with Crippen molar-refractivity contribution in [2.75, 3.05) is 6.61 Å². The van der Waals surface area contributed by atoms with E-state index in [1.54, 1.807) is 69.7 Å². The van der Waals surface area contributed by atoms with Crippen LogP contribution in [-0.4, -0.2) is 45.6 Å². The smallest absolute Gasteiger partial charge is 0.344 e. The van der Waals surface area contributed by atoms with Gasteiger partial charge in [-0.15, -0.1) is 0 Å². The standard InChI is InChI=1S/C40H43N3O7/c1-40(2,3)50-36(44)26-48-32-17-14-27(15-18-32)22-34(39(46)49-24-28-10-6-4-7-11-28)42-38(45)29-16-19-35-33(23-29)41-37(30-20-21-47-25-30)43(35)31-12-8-5-9-13-31/h4,6-7,10-11,14-21,23,25,31,34H,5,8-9,12-13,22,24,26H2,1-3H3,(H,42,45). The van der Waals surface area contributed by atoms with Crippen molar-refractivity contribution in [2.24, 2.45) is 0 Å². The third kappa shape index (κ3) is 8.80. The number of hydrogen-bond acceptors (Lipinski definition) is 8. The Morgan fingerprint density at radius 2 is 1.70 bits per heavy atom. The summed E-state index contributed by atoms with van der Waals surface area (Å²) in [5, 5.41) is 2.92. The number of furan rings is 1. The van der Waals surface area contributed by atoms with Gasteiger partial charge in [-0.05, 0) is 81.1 Å². The van der Waals surface area contributed by atoms with Gasteiger partial charge in [-0.1, -0.05) is 61.7 Å². The van der Waals surface area contributed by atoms with E-state index < -0.39 is 29.5 Å². The highest BCUT2D eigenvalue weighted by atomic mass is 16.6. The van der Waals surface area contributed by atoms with Crippen molar-refractivity contribution in [1.29, 1.82) is 0 Å². The van der Waals surface area contributed by atoms with Crippen LogP contribution in [-0.2, 0) is 32.1 Å². The van der Waals surface area contributed by atoms with Gasteiger partial charge in [-0.25, -0.2) is 14.6 Å². The zero-order valence-electron chi connectivity index (χ0n) is 28.7. The van der Waals surface area contributed by atoms with Gasteiger partial charge in [-0.2, -0.15) is 0 Å². The van der Waals surface area contributed by atoms with Gasteiger partial charge in [0, 0.05) is 18.0 Å². The Kier molecular flexibility index (Phi) is 10.7. The van der Waals surface area contributed by atoms with Crippen LogP contribution in [0, 0.1) is 0 Å². The summed E-state index contributed by atoms with van der Waals surface area (Å²) >= 11 is 0. The highest BCUT2D eigenvalue weighted by Gasteiger charge is 2.26. The number of esters is 2. The Morgan fingerprint density at radius 3 is 2.40 bits per heavy atom. The second-order valence-electron chi connectivity index (χ2n) is 13.7. The van der Waals surface area contributed by atoms with Crippen LogP contribution < -0.4 is 10.1 Å². The lowest BCUT2D eigenvalue weighted by atomic mass is 9.95. The number of aromatic nitrogens is 2. The maximum atomic E-state index is 13.8. The first-order valence-electron chi connectivity index (χ1n) is 17.1. The summed E-state index contributed by atoms with van der Waals surface area (Å²) in [5.41, 5.74) is 3.93. The van der Waals surface area contributed by atoms with Crippen molar-refractivity contribution in [3.05, 3.63) is 108 Å². The molecule has 1 saturated carbocycles. The lowest BCUT2D eigenvalue weighted by Gasteiger charge is -2.25. The van der Waals surface area contributed by atoms with Crippen LogP contribution in [0.2, 0.25) is 0 Å². The number of benzene rings is 3. The van der Waals surface area contributed by atoms with Gasteiger partial charge >= 0.3 is 11.9 Å². The first kappa shape index (κ1) is 34.5. The number of rotatable bonds is 12. The van der Waals surface area contributed by atoms with Crippen molar-refractivity contribution < 1.29 is 33.0 Å². The summed E-state index contributed by atoms with van der Waals surface area (Å²) in [6, 6.07) is 23.1. The fraction of sp³-hybridized carbons (Fsp3) is 0.350. The Bertz CT molecular complexity index is 1900. The normalized spacial score (nSPS) is 14.2. The van der Waals surface area contributed by atoms with Crippen molar-refractivity contribution in [3.8, 4) is 17.1 Å². The molecule has 10 nitrogen and oxygen atoms in total. The number of hydrogen-bond donors (Lipinski definition) is 1. The first-order chi connectivity index (χ1) is 24.1. The minimum absolute atomic E-state index is 0.0742. The summed E-state index contributed by atoms with van der Waals surface area (Å²) < 4.78 is 24.2. The minimum Gasteiger partial charge on any atom is -0.482 e. The van der Waals surface area contributed by atoms with Crippen LogP contribution in [0.15, 0.2) is 95.8 Å². The second kappa shape index (κ2) is 15.4. The van der Waals surface area contributed by atoms with Crippen molar-refractivity contribution in [1.82, 2.24) is 14.9 Å². The van der Waals surface area contributed by atoms with Gasteiger partial charge in [0.25, 0.3) is 5.91 Å². The first-order valence-corrected chi connectivity index (χ1v) is 17.1. The van der Waals surface area contributed by atoms with Crippen molar-refractivity contribution in [2.45, 2.75) is 83.6 Å². The third-order valence-electron chi connectivity index (χ3n) is 8.62. The van der Waals surface area contributed by atoms with Crippen molar-refractivity contribution >= 4 is 28.9 Å². The molecule has 2 aromatic heterocycles. The molecule has 0 aliphatic heterocycles. The topological polar surface area (TPSA) is 122 Å². The average Bonchev–Trinajstić information content (AvgIpc) is 3.78. The maximum absolute atomic E-state index is 13.8. The number of carbonyl (C=O) groups excluding carboxylic acids is 3. The van der Waals surface area contributed by atoms with Gasteiger partial charge in [0.2, 0.25) is 0 Å². The zero-order valence-corrected chi connectivity index (χ0v) is 28.7. The van der Waals surface area contributed by atoms with E-state index in [0.717, 1.165) is 40.9 Å². The summed E-state index contributed by atoms with van der Waals surface area (Å²) in [4.78, 5) is 44.3. The Hall–Kier alpha value is -5.38. The second-order valence-corrected chi connectivity index (χ2v) is 13.7. The molecule has 1 unspecified atom stereocenters. The van der Waals surface area contributed by atoms with Crippen LogP contribution in [0.1, 0.15) is 80.4 Å². The predicted molar refractivity (Wildman–Crippen MR) is 189 cm³/mol. The molecule has 1 atom stereocenters. The van der Waals surface area contributed by atoms with Gasteiger partial charge in [0.15, 0.2) is 6.61 Å². The fourth-order valence-electron chi connectivity index (χ4n) is 6.28. The van der Waals surface area contributed by atoms with E-state index >= 15 is 0 Å². The van der Waals surface area contributed by atoms with Crippen molar-refractivity contribution in [3.63, 3.8) is 0 Å². The average molecular weight is 678 g/mol. The number of amides is 1. The highest BCUT2D eigenvalue weighted by Crippen LogP contribution is 2.36. The van der Waals surface area contributed by atoms with Crippen LogP contribution in [0.4, 0.5) is 0 Å². The minimum atomic E-state index is -0.975.